The Morgan fingerprint density at radius 1 is 0.952 bits per heavy atom. The lowest BCUT2D eigenvalue weighted by molar-refractivity contribution is 1.15. The van der Waals surface area contributed by atoms with Gasteiger partial charge in [0.05, 0.1) is 0 Å². The Bertz CT molecular complexity index is 663. The zero-order valence-electron chi connectivity index (χ0n) is 12.0. The van der Waals surface area contributed by atoms with E-state index in [4.69, 9.17) is 5.41 Å². The van der Waals surface area contributed by atoms with E-state index in [0.29, 0.717) is 5.70 Å². The molecule has 0 heterocycles. The number of hydrogen-bond donors (Lipinski definition) is 1. The van der Waals surface area contributed by atoms with Gasteiger partial charge in [0.25, 0.3) is 0 Å². The van der Waals surface area contributed by atoms with Crippen molar-refractivity contribution in [1.29, 1.82) is 5.41 Å². The first kappa shape index (κ1) is 14.6. The van der Waals surface area contributed by atoms with Crippen LogP contribution in [0.3, 0.4) is 0 Å². The minimum absolute atomic E-state index is 0.707. The summed E-state index contributed by atoms with van der Waals surface area (Å²) < 4.78 is 0. The largest absolute Gasteiger partial charge is 0.337 e. The van der Waals surface area contributed by atoms with Crippen LogP contribution in [-0.4, -0.2) is 12.9 Å². The highest BCUT2D eigenvalue weighted by molar-refractivity contribution is 5.68. The minimum Gasteiger partial charge on any atom is -0.337 e. The minimum atomic E-state index is 0.707. The average Bonchev–Trinajstić information content (AvgIpc) is 2.56. The van der Waals surface area contributed by atoms with Crippen molar-refractivity contribution < 1.29 is 0 Å². The quantitative estimate of drug-likeness (QED) is 0.629. The van der Waals surface area contributed by atoms with Gasteiger partial charge in [0, 0.05) is 18.6 Å². The van der Waals surface area contributed by atoms with Gasteiger partial charge in [0.2, 0.25) is 0 Å². The van der Waals surface area contributed by atoms with Crippen LogP contribution in [0.5, 0.6) is 0 Å². The first-order valence-corrected chi connectivity index (χ1v) is 6.79. The molecule has 0 saturated carbocycles. The van der Waals surface area contributed by atoms with Crippen LogP contribution in [-0.2, 0) is 0 Å². The van der Waals surface area contributed by atoms with Gasteiger partial charge < -0.3 is 4.90 Å². The second-order valence-corrected chi connectivity index (χ2v) is 4.53. The molecular formula is C19H18N2. The van der Waals surface area contributed by atoms with E-state index in [2.05, 4.69) is 5.87 Å². The van der Waals surface area contributed by atoms with Crippen LogP contribution in [0.1, 0.15) is 5.56 Å². The molecule has 0 saturated heterocycles. The molecule has 0 spiro atoms. The third kappa shape index (κ3) is 4.34. The van der Waals surface area contributed by atoms with Gasteiger partial charge in [0.15, 0.2) is 0 Å². The molecule has 0 fully saturated rings. The molecule has 0 bridgehead atoms. The van der Waals surface area contributed by atoms with Crippen LogP contribution in [0.15, 0.2) is 84.6 Å². The van der Waals surface area contributed by atoms with Crippen molar-refractivity contribution in [3.63, 3.8) is 0 Å². The molecule has 0 atom stereocenters. The maximum absolute atomic E-state index is 7.44. The van der Waals surface area contributed by atoms with Crippen molar-refractivity contribution in [2.45, 2.75) is 0 Å². The van der Waals surface area contributed by atoms with E-state index < -0.39 is 0 Å². The molecular weight excluding hydrogens is 256 g/mol. The fourth-order valence-electron chi connectivity index (χ4n) is 1.91. The first-order chi connectivity index (χ1) is 10.3. The molecule has 0 aliphatic rings. The third-order valence-corrected chi connectivity index (χ3v) is 3.09. The molecule has 0 aliphatic heterocycles. The lowest BCUT2D eigenvalue weighted by atomic mass is 10.2. The topological polar surface area (TPSA) is 27.1 Å². The van der Waals surface area contributed by atoms with E-state index in [0.717, 1.165) is 11.3 Å². The maximum atomic E-state index is 7.44. The van der Waals surface area contributed by atoms with Crippen molar-refractivity contribution in [2.75, 3.05) is 11.9 Å². The number of rotatable bonds is 5. The second-order valence-electron chi connectivity index (χ2n) is 4.53. The van der Waals surface area contributed by atoms with E-state index in [1.165, 1.54) is 0 Å². The highest BCUT2D eigenvalue weighted by Crippen LogP contribution is 2.15. The summed E-state index contributed by atoms with van der Waals surface area (Å²) in [5, 5.41) is 7.44. The summed E-state index contributed by atoms with van der Waals surface area (Å²) >= 11 is 0. The van der Waals surface area contributed by atoms with E-state index in [9.17, 15) is 0 Å². The Morgan fingerprint density at radius 2 is 1.57 bits per heavy atom. The van der Waals surface area contributed by atoms with E-state index in [1.807, 2.05) is 96.9 Å². The maximum Gasteiger partial charge on any atom is 0.103 e. The molecule has 2 nitrogen and oxygen atoms in total. The van der Waals surface area contributed by atoms with Crippen molar-refractivity contribution in [1.82, 2.24) is 0 Å². The summed E-state index contributed by atoms with van der Waals surface area (Å²) in [5.74, 6) is 2.47. The van der Waals surface area contributed by atoms with Gasteiger partial charge in [-0.3, -0.25) is 5.41 Å². The fourth-order valence-corrected chi connectivity index (χ4v) is 1.91. The third-order valence-electron chi connectivity index (χ3n) is 3.09. The monoisotopic (exact) mass is 274 g/mol. The first-order valence-electron chi connectivity index (χ1n) is 6.79. The molecule has 0 aliphatic carbocycles. The Labute approximate surface area is 125 Å². The molecule has 0 aromatic heterocycles. The molecule has 0 radical (unpaired) electrons. The van der Waals surface area contributed by atoms with E-state index in [1.54, 1.807) is 0 Å². The molecule has 0 amide bonds. The van der Waals surface area contributed by atoms with Gasteiger partial charge in [-0.1, -0.05) is 66.8 Å². The van der Waals surface area contributed by atoms with Gasteiger partial charge in [-0.2, -0.15) is 0 Å². The van der Waals surface area contributed by atoms with Crippen LogP contribution in [0.25, 0.3) is 6.08 Å². The number of hydrogen-bond acceptors (Lipinski definition) is 2. The normalized spacial score (nSPS) is 10.7. The van der Waals surface area contributed by atoms with E-state index >= 15 is 0 Å². The van der Waals surface area contributed by atoms with Gasteiger partial charge in [-0.15, -0.1) is 0 Å². The summed E-state index contributed by atoms with van der Waals surface area (Å²) in [5.41, 5.74) is 2.89. The summed E-state index contributed by atoms with van der Waals surface area (Å²) in [7, 11) is 1.93. The lowest BCUT2D eigenvalue weighted by Crippen LogP contribution is -2.15. The molecule has 104 valence electrons. The zero-order chi connectivity index (χ0) is 14.9. The number of likely N-dealkylation sites (N-methyl/N-ethyl adjacent to an activating group) is 1. The SMILES string of the molecule is CN(C(=C=N)C=C/C=C/c1ccccc1)c1ccccc1. The number of nitrogens with zero attached hydrogens (tertiary/aromatic N) is 1. The predicted octanol–water partition coefficient (Wildman–Crippen LogP) is 4.52. The van der Waals surface area contributed by atoms with Gasteiger partial charge in [-0.25, -0.2) is 0 Å². The van der Waals surface area contributed by atoms with Crippen LogP contribution < -0.4 is 4.90 Å². The van der Waals surface area contributed by atoms with Crippen LogP contribution in [0.2, 0.25) is 0 Å². The van der Waals surface area contributed by atoms with Crippen molar-refractivity contribution in [2.24, 2.45) is 0 Å². The highest BCUT2D eigenvalue weighted by atomic mass is 15.1. The summed E-state index contributed by atoms with van der Waals surface area (Å²) in [6.07, 6.45) is 7.79. The molecule has 2 heteroatoms. The smallest absolute Gasteiger partial charge is 0.103 e. The van der Waals surface area contributed by atoms with Gasteiger partial charge >= 0.3 is 0 Å². The number of benzene rings is 2. The number of para-hydroxylation sites is 1. The second kappa shape index (κ2) is 7.68. The zero-order valence-corrected chi connectivity index (χ0v) is 12.0. The van der Waals surface area contributed by atoms with Crippen LogP contribution in [0, 0.1) is 5.41 Å². The molecule has 2 aromatic rings. The lowest BCUT2D eigenvalue weighted by Gasteiger charge is -2.17. The average molecular weight is 274 g/mol. The number of nitrogens with one attached hydrogen (secondary N) is 1. The molecule has 0 unspecified atom stereocenters. The number of anilines is 1. The highest BCUT2D eigenvalue weighted by Gasteiger charge is 2.02. The molecule has 1 N–H and O–H groups in total. The molecule has 2 aromatic carbocycles. The Hall–Kier alpha value is -2.83. The Morgan fingerprint density at radius 3 is 2.19 bits per heavy atom. The van der Waals surface area contributed by atoms with Crippen LogP contribution >= 0.6 is 0 Å². The fraction of sp³-hybridized carbons (Fsp3) is 0.0526. The van der Waals surface area contributed by atoms with Gasteiger partial charge in [-0.05, 0) is 23.8 Å². The van der Waals surface area contributed by atoms with Crippen LogP contribution in [0.4, 0.5) is 5.69 Å². The standard InChI is InChI=1S/C19H18N2/c1-21(18-13-6-3-7-14-18)19(16-20)15-9-8-12-17-10-4-2-5-11-17/h2-15,20H,1H3/b12-8+,15-9?. The summed E-state index contributed by atoms with van der Waals surface area (Å²) in [6, 6.07) is 20.1. The van der Waals surface area contributed by atoms with Crippen molar-refractivity contribution in [3.05, 3.63) is 90.2 Å². The Kier molecular flexibility index (Phi) is 5.33. The number of allylic oxidation sites excluding steroid dienone is 3. The van der Waals surface area contributed by atoms with E-state index in [-0.39, 0.29) is 0 Å². The summed E-state index contributed by atoms with van der Waals surface area (Å²) in [6.45, 7) is 0. The summed E-state index contributed by atoms with van der Waals surface area (Å²) in [4.78, 5) is 1.93. The van der Waals surface area contributed by atoms with Crippen molar-refractivity contribution in [3.8, 4) is 0 Å². The molecule has 21 heavy (non-hydrogen) atoms. The predicted molar refractivity (Wildman–Crippen MR) is 90.7 cm³/mol. The molecule has 2 rings (SSSR count). The van der Waals surface area contributed by atoms with Crippen molar-refractivity contribution >= 4 is 17.6 Å². The Balaban J connectivity index is 2.05. The van der Waals surface area contributed by atoms with Gasteiger partial charge in [0.1, 0.15) is 5.70 Å².